The highest BCUT2D eigenvalue weighted by molar-refractivity contribution is 14.0. The predicted octanol–water partition coefficient (Wildman–Crippen LogP) is 4.49. The third-order valence-corrected chi connectivity index (χ3v) is 5.40. The average molecular weight is 567 g/mol. The van der Waals surface area contributed by atoms with Crippen molar-refractivity contribution in [1.29, 1.82) is 0 Å². The fourth-order valence-corrected chi connectivity index (χ4v) is 3.71. The first kappa shape index (κ1) is 27.4. The summed E-state index contributed by atoms with van der Waals surface area (Å²) in [5, 5.41) is 6.79. The van der Waals surface area contributed by atoms with E-state index in [1.165, 1.54) is 16.7 Å². The second kappa shape index (κ2) is 14.4. The van der Waals surface area contributed by atoms with Crippen molar-refractivity contribution in [2.45, 2.75) is 52.4 Å². The molecule has 0 spiro atoms. The predicted molar refractivity (Wildman–Crippen MR) is 147 cm³/mol. The van der Waals surface area contributed by atoms with Crippen molar-refractivity contribution in [3.05, 3.63) is 64.7 Å². The summed E-state index contributed by atoms with van der Waals surface area (Å²) in [6.45, 7) is 8.65. The van der Waals surface area contributed by atoms with Crippen LogP contribution in [0.15, 0.2) is 47.5 Å². The van der Waals surface area contributed by atoms with Gasteiger partial charge in [0.2, 0.25) is 0 Å². The average Bonchev–Trinajstić information content (AvgIpc) is 3.29. The number of halogens is 1. The van der Waals surface area contributed by atoms with Crippen LogP contribution in [0.1, 0.15) is 42.0 Å². The quantitative estimate of drug-likeness (QED) is 0.252. The lowest BCUT2D eigenvalue weighted by Crippen LogP contribution is -2.36. The molecule has 1 atom stereocenters. The molecule has 1 unspecified atom stereocenters. The molecule has 3 rings (SSSR count). The maximum Gasteiger partial charge on any atom is 0.191 e. The summed E-state index contributed by atoms with van der Waals surface area (Å²) in [5.41, 5.74) is 4.81. The Hall–Kier alpha value is -1.84. The zero-order valence-electron chi connectivity index (χ0n) is 20.4. The van der Waals surface area contributed by atoms with E-state index in [-0.39, 0.29) is 30.1 Å². The van der Waals surface area contributed by atoms with Gasteiger partial charge in [0.15, 0.2) is 5.96 Å². The second-order valence-electron chi connectivity index (χ2n) is 8.66. The molecule has 6 nitrogen and oxygen atoms in total. The minimum Gasteiger partial charge on any atom is -0.491 e. The number of aryl methyl sites for hydroxylation is 1. The number of guanidine groups is 1. The van der Waals surface area contributed by atoms with Crippen LogP contribution in [0.25, 0.3) is 0 Å². The number of aliphatic imine (C=N–C) groups is 1. The van der Waals surface area contributed by atoms with Gasteiger partial charge in [-0.05, 0) is 63.5 Å². The lowest BCUT2D eigenvalue weighted by atomic mass is 10.1. The SMILES string of the molecule is CCNC(=NCc1ccc(CN(C)C)cc1)NCc1ccc(C)cc1OCC1CCCO1.I. The van der Waals surface area contributed by atoms with Gasteiger partial charge in [-0.1, -0.05) is 36.4 Å². The molecule has 2 N–H and O–H groups in total. The van der Waals surface area contributed by atoms with Crippen LogP contribution in [-0.4, -0.2) is 50.8 Å². The van der Waals surface area contributed by atoms with E-state index in [2.05, 4.69) is 85.9 Å². The fourth-order valence-electron chi connectivity index (χ4n) is 3.71. The maximum atomic E-state index is 6.13. The van der Waals surface area contributed by atoms with E-state index in [1.807, 2.05) is 0 Å². The van der Waals surface area contributed by atoms with E-state index in [9.17, 15) is 0 Å². The van der Waals surface area contributed by atoms with E-state index in [0.29, 0.717) is 19.7 Å². The van der Waals surface area contributed by atoms with Crippen molar-refractivity contribution in [3.63, 3.8) is 0 Å². The number of benzene rings is 2. The Balaban J connectivity index is 0.00000385. The third kappa shape index (κ3) is 9.51. The summed E-state index contributed by atoms with van der Waals surface area (Å²) in [4.78, 5) is 6.94. The minimum atomic E-state index is 0. The molecular weight excluding hydrogens is 527 g/mol. The Morgan fingerprint density at radius 2 is 1.88 bits per heavy atom. The molecule has 0 aromatic heterocycles. The minimum absolute atomic E-state index is 0. The van der Waals surface area contributed by atoms with Crippen LogP contribution in [0.3, 0.4) is 0 Å². The van der Waals surface area contributed by atoms with Crippen molar-refractivity contribution in [1.82, 2.24) is 15.5 Å². The number of rotatable bonds is 10. The monoisotopic (exact) mass is 566 g/mol. The van der Waals surface area contributed by atoms with Gasteiger partial charge in [-0.3, -0.25) is 0 Å². The van der Waals surface area contributed by atoms with Gasteiger partial charge in [-0.2, -0.15) is 0 Å². The number of nitrogens with zero attached hydrogens (tertiary/aromatic N) is 2. The summed E-state index contributed by atoms with van der Waals surface area (Å²) in [6.07, 6.45) is 2.41. The summed E-state index contributed by atoms with van der Waals surface area (Å²) in [7, 11) is 4.17. The maximum absolute atomic E-state index is 6.13. The van der Waals surface area contributed by atoms with Crippen molar-refractivity contribution >= 4 is 29.9 Å². The normalized spacial score (nSPS) is 15.9. The Morgan fingerprint density at radius 1 is 1.12 bits per heavy atom. The van der Waals surface area contributed by atoms with Crippen molar-refractivity contribution in [2.24, 2.45) is 4.99 Å². The first-order valence-electron chi connectivity index (χ1n) is 11.6. The van der Waals surface area contributed by atoms with Crippen LogP contribution < -0.4 is 15.4 Å². The molecule has 1 fully saturated rings. The van der Waals surface area contributed by atoms with E-state index in [1.54, 1.807) is 0 Å². The Labute approximate surface area is 216 Å². The molecule has 0 aliphatic carbocycles. The summed E-state index contributed by atoms with van der Waals surface area (Å²) < 4.78 is 11.8. The Kier molecular flexibility index (Phi) is 12.0. The molecule has 0 bridgehead atoms. The number of hydrogen-bond donors (Lipinski definition) is 2. The molecule has 2 aromatic rings. The van der Waals surface area contributed by atoms with Gasteiger partial charge in [0.1, 0.15) is 12.4 Å². The lowest BCUT2D eigenvalue weighted by Gasteiger charge is -2.17. The molecule has 1 heterocycles. The van der Waals surface area contributed by atoms with Gasteiger partial charge in [-0.25, -0.2) is 4.99 Å². The van der Waals surface area contributed by atoms with Crippen LogP contribution in [0.5, 0.6) is 5.75 Å². The van der Waals surface area contributed by atoms with Crippen LogP contribution in [0, 0.1) is 6.92 Å². The highest BCUT2D eigenvalue weighted by atomic mass is 127. The molecule has 1 aliphatic heterocycles. The molecule has 0 radical (unpaired) electrons. The fraction of sp³-hybridized carbons (Fsp3) is 0.500. The molecular formula is C26H39IN4O2. The molecule has 33 heavy (non-hydrogen) atoms. The second-order valence-corrected chi connectivity index (χ2v) is 8.66. The first-order valence-corrected chi connectivity index (χ1v) is 11.6. The van der Waals surface area contributed by atoms with Gasteiger partial charge in [0, 0.05) is 31.8 Å². The van der Waals surface area contributed by atoms with Gasteiger partial charge in [0.05, 0.1) is 12.6 Å². The third-order valence-electron chi connectivity index (χ3n) is 5.40. The zero-order chi connectivity index (χ0) is 22.8. The highest BCUT2D eigenvalue weighted by Gasteiger charge is 2.17. The Morgan fingerprint density at radius 3 is 2.55 bits per heavy atom. The zero-order valence-corrected chi connectivity index (χ0v) is 22.7. The van der Waals surface area contributed by atoms with Crippen LogP contribution >= 0.6 is 24.0 Å². The van der Waals surface area contributed by atoms with Crippen molar-refractivity contribution < 1.29 is 9.47 Å². The van der Waals surface area contributed by atoms with Crippen molar-refractivity contribution in [3.8, 4) is 5.75 Å². The Bertz CT molecular complexity index is 865. The van der Waals surface area contributed by atoms with E-state index in [0.717, 1.165) is 49.8 Å². The summed E-state index contributed by atoms with van der Waals surface area (Å²) in [5.74, 6) is 1.72. The van der Waals surface area contributed by atoms with Gasteiger partial charge >= 0.3 is 0 Å². The summed E-state index contributed by atoms with van der Waals surface area (Å²) in [6, 6.07) is 15.0. The molecule has 7 heteroatoms. The van der Waals surface area contributed by atoms with Gasteiger partial charge < -0.3 is 25.0 Å². The summed E-state index contributed by atoms with van der Waals surface area (Å²) >= 11 is 0. The molecule has 2 aromatic carbocycles. The number of nitrogens with one attached hydrogen (secondary N) is 2. The molecule has 0 saturated carbocycles. The molecule has 1 aliphatic rings. The van der Waals surface area contributed by atoms with E-state index >= 15 is 0 Å². The van der Waals surface area contributed by atoms with Crippen molar-refractivity contribution in [2.75, 3.05) is 33.9 Å². The largest absolute Gasteiger partial charge is 0.491 e. The lowest BCUT2D eigenvalue weighted by molar-refractivity contribution is 0.0676. The topological polar surface area (TPSA) is 58.1 Å². The van der Waals surface area contributed by atoms with Crippen LogP contribution in [-0.2, 0) is 24.4 Å². The molecule has 182 valence electrons. The standard InChI is InChI=1S/C26H38N4O2.HI/c1-5-27-26(28-16-21-9-11-22(12-10-21)18-30(3)4)29-17-23-13-8-20(2)15-25(23)32-19-24-7-6-14-31-24;/h8-13,15,24H,5-7,14,16-19H2,1-4H3,(H2,27,28,29);1H. The van der Waals surface area contributed by atoms with Gasteiger partial charge in [-0.15, -0.1) is 24.0 Å². The van der Waals surface area contributed by atoms with E-state index < -0.39 is 0 Å². The molecule has 0 amide bonds. The van der Waals surface area contributed by atoms with Crippen LogP contribution in [0.2, 0.25) is 0 Å². The van der Waals surface area contributed by atoms with E-state index in [4.69, 9.17) is 14.5 Å². The van der Waals surface area contributed by atoms with Crippen LogP contribution in [0.4, 0.5) is 0 Å². The van der Waals surface area contributed by atoms with Gasteiger partial charge in [0.25, 0.3) is 0 Å². The molecule has 1 saturated heterocycles. The highest BCUT2D eigenvalue weighted by Crippen LogP contribution is 2.22. The number of hydrogen-bond acceptors (Lipinski definition) is 4. The number of ether oxygens (including phenoxy) is 2. The first-order chi connectivity index (χ1) is 15.5. The smallest absolute Gasteiger partial charge is 0.191 e.